The van der Waals surface area contributed by atoms with E-state index in [1.165, 1.54) is 5.56 Å². The molecule has 0 spiro atoms. The molecule has 1 fully saturated rings. The van der Waals surface area contributed by atoms with Crippen LogP contribution in [0.5, 0.6) is 0 Å². The number of hydrogen-bond donors (Lipinski definition) is 1. The summed E-state index contributed by atoms with van der Waals surface area (Å²) in [5, 5.41) is 7.53. The zero-order valence-electron chi connectivity index (χ0n) is 17.3. The Balaban J connectivity index is 1.46. The summed E-state index contributed by atoms with van der Waals surface area (Å²) in [6.45, 7) is 5.07. The molecule has 0 aromatic carbocycles. The molecule has 0 unspecified atom stereocenters. The predicted molar refractivity (Wildman–Crippen MR) is 117 cm³/mol. The third-order valence-corrected chi connectivity index (χ3v) is 7.06. The van der Waals surface area contributed by atoms with Gasteiger partial charge in [0.05, 0.1) is 23.0 Å². The van der Waals surface area contributed by atoms with Crippen molar-refractivity contribution < 1.29 is 4.79 Å². The largest absolute Gasteiger partial charge is 0.334 e. The molecule has 0 radical (unpaired) electrons. The minimum absolute atomic E-state index is 0.000539. The first-order valence-electron chi connectivity index (χ1n) is 10.8. The van der Waals surface area contributed by atoms with E-state index in [9.17, 15) is 9.59 Å². The summed E-state index contributed by atoms with van der Waals surface area (Å²) in [6, 6.07) is 4.10. The molecule has 158 valence electrons. The second-order valence-corrected chi connectivity index (χ2v) is 9.07. The Labute approximate surface area is 179 Å². The van der Waals surface area contributed by atoms with Gasteiger partial charge in [0.15, 0.2) is 5.65 Å². The van der Waals surface area contributed by atoms with Gasteiger partial charge in [0, 0.05) is 45.1 Å². The lowest BCUT2D eigenvalue weighted by Gasteiger charge is -2.35. The van der Waals surface area contributed by atoms with E-state index < -0.39 is 0 Å². The van der Waals surface area contributed by atoms with Crippen LogP contribution in [0.4, 0.5) is 0 Å². The van der Waals surface area contributed by atoms with Crippen molar-refractivity contribution in [3.05, 3.63) is 55.8 Å². The minimum Gasteiger partial charge on any atom is -0.334 e. The van der Waals surface area contributed by atoms with Crippen LogP contribution in [0.3, 0.4) is 0 Å². The fourth-order valence-corrected chi connectivity index (χ4v) is 5.42. The summed E-state index contributed by atoms with van der Waals surface area (Å²) < 4.78 is 1.57. The first-order chi connectivity index (χ1) is 14.6. The number of aromatic nitrogens is 3. The summed E-state index contributed by atoms with van der Waals surface area (Å²) in [6.07, 6.45) is 4.33. The molecule has 2 aliphatic heterocycles. The van der Waals surface area contributed by atoms with Crippen molar-refractivity contribution in [1.29, 1.82) is 0 Å². The number of carbonyl (C=O) groups is 1. The molecule has 1 saturated heterocycles. The van der Waals surface area contributed by atoms with Gasteiger partial charge >= 0.3 is 0 Å². The molecule has 0 aliphatic carbocycles. The van der Waals surface area contributed by atoms with E-state index >= 15 is 0 Å². The van der Waals surface area contributed by atoms with Gasteiger partial charge in [0.25, 0.3) is 5.56 Å². The number of fused-ring (bicyclic) bond motifs is 2. The molecule has 8 heteroatoms. The molecule has 1 atom stereocenters. The van der Waals surface area contributed by atoms with Gasteiger partial charge in [-0.1, -0.05) is 6.92 Å². The van der Waals surface area contributed by atoms with E-state index in [-0.39, 0.29) is 17.5 Å². The predicted octanol–water partition coefficient (Wildman–Crippen LogP) is 3.11. The van der Waals surface area contributed by atoms with Crippen molar-refractivity contribution in [2.24, 2.45) is 0 Å². The Hall–Kier alpha value is -2.45. The van der Waals surface area contributed by atoms with Gasteiger partial charge in [-0.25, -0.2) is 9.50 Å². The van der Waals surface area contributed by atoms with E-state index in [0.29, 0.717) is 18.6 Å². The van der Waals surface area contributed by atoms with Crippen LogP contribution in [0, 0.1) is 0 Å². The zero-order chi connectivity index (χ0) is 20.7. The summed E-state index contributed by atoms with van der Waals surface area (Å²) in [7, 11) is 0. The van der Waals surface area contributed by atoms with E-state index in [1.807, 2.05) is 17.9 Å². The molecule has 2 aliphatic rings. The van der Waals surface area contributed by atoms with Crippen molar-refractivity contribution in [3.8, 4) is 0 Å². The van der Waals surface area contributed by atoms with Gasteiger partial charge in [-0.3, -0.25) is 19.6 Å². The second kappa shape index (κ2) is 8.00. The molecule has 3 aromatic rings. The lowest BCUT2D eigenvalue weighted by Crippen LogP contribution is -2.38. The number of aromatic amines is 1. The van der Waals surface area contributed by atoms with Crippen LogP contribution in [0.25, 0.3) is 5.65 Å². The Bertz CT molecular complexity index is 1120. The molecule has 5 rings (SSSR count). The van der Waals surface area contributed by atoms with Crippen LogP contribution in [-0.2, 0) is 24.3 Å². The zero-order valence-corrected chi connectivity index (χ0v) is 18.1. The topological polar surface area (TPSA) is 73.7 Å². The third kappa shape index (κ3) is 3.48. The van der Waals surface area contributed by atoms with Crippen molar-refractivity contribution in [1.82, 2.24) is 24.4 Å². The lowest BCUT2D eigenvalue weighted by molar-refractivity contribution is -0.134. The molecular weight excluding hydrogens is 398 g/mol. The molecule has 3 aromatic heterocycles. The summed E-state index contributed by atoms with van der Waals surface area (Å²) in [5.41, 5.74) is 4.55. The number of likely N-dealkylation sites (tertiary alicyclic amines) is 1. The van der Waals surface area contributed by atoms with Gasteiger partial charge < -0.3 is 4.90 Å². The summed E-state index contributed by atoms with van der Waals surface area (Å²) >= 11 is 1.70. The standard InChI is InChI=1S/C22H27N5O2S/c1-2-21(28)26-8-4-3-5-19(26)18-11-20-23-17-6-9-25(12-15-7-10-30-14-15)13-16(17)22(29)27(20)24-18/h7,10-11,14,19,24H,2-6,8-9,12-13H2,1H3/t19-/m0/s1. The summed E-state index contributed by atoms with van der Waals surface area (Å²) in [4.78, 5) is 34.8. The van der Waals surface area contributed by atoms with Crippen molar-refractivity contribution in [2.45, 2.75) is 58.2 Å². The van der Waals surface area contributed by atoms with Crippen molar-refractivity contribution >= 4 is 22.9 Å². The first-order valence-corrected chi connectivity index (χ1v) is 11.7. The van der Waals surface area contributed by atoms with E-state index in [2.05, 4.69) is 26.8 Å². The third-order valence-electron chi connectivity index (χ3n) is 6.33. The fourth-order valence-electron chi connectivity index (χ4n) is 4.76. The number of amides is 1. The highest BCUT2D eigenvalue weighted by molar-refractivity contribution is 7.07. The fraction of sp³-hybridized carbons (Fsp3) is 0.500. The van der Waals surface area contributed by atoms with Crippen LogP contribution in [-0.4, -0.2) is 43.4 Å². The van der Waals surface area contributed by atoms with Gasteiger partial charge in [-0.05, 0) is 41.7 Å². The molecule has 5 heterocycles. The quantitative estimate of drug-likeness (QED) is 0.697. The minimum atomic E-state index is -0.0135. The Kier molecular flexibility index (Phi) is 5.20. The normalized spacial score (nSPS) is 19.9. The van der Waals surface area contributed by atoms with Crippen LogP contribution in [0.2, 0.25) is 0 Å². The molecule has 7 nitrogen and oxygen atoms in total. The van der Waals surface area contributed by atoms with Gasteiger partial charge in [0.1, 0.15) is 0 Å². The lowest BCUT2D eigenvalue weighted by atomic mass is 9.99. The van der Waals surface area contributed by atoms with Gasteiger partial charge in [0.2, 0.25) is 5.91 Å². The second-order valence-electron chi connectivity index (χ2n) is 8.29. The van der Waals surface area contributed by atoms with E-state index in [1.54, 1.807) is 15.9 Å². The highest BCUT2D eigenvalue weighted by atomic mass is 32.1. The van der Waals surface area contributed by atoms with Crippen LogP contribution < -0.4 is 5.56 Å². The maximum Gasteiger partial charge on any atom is 0.277 e. The molecule has 0 saturated carbocycles. The van der Waals surface area contributed by atoms with E-state index in [4.69, 9.17) is 4.98 Å². The average molecular weight is 426 g/mol. The number of hydrogen-bond acceptors (Lipinski definition) is 5. The highest BCUT2D eigenvalue weighted by Crippen LogP contribution is 2.31. The maximum atomic E-state index is 13.3. The van der Waals surface area contributed by atoms with Crippen LogP contribution >= 0.6 is 11.3 Å². The van der Waals surface area contributed by atoms with Gasteiger partial charge in [-0.15, -0.1) is 0 Å². The monoisotopic (exact) mass is 425 g/mol. The first kappa shape index (κ1) is 19.5. The maximum absolute atomic E-state index is 13.3. The average Bonchev–Trinajstić information content (AvgIpc) is 3.44. The Morgan fingerprint density at radius 3 is 3.03 bits per heavy atom. The summed E-state index contributed by atoms with van der Waals surface area (Å²) in [5.74, 6) is 0.169. The molecule has 30 heavy (non-hydrogen) atoms. The Morgan fingerprint density at radius 1 is 1.33 bits per heavy atom. The van der Waals surface area contributed by atoms with Crippen LogP contribution in [0.15, 0.2) is 27.7 Å². The molecule has 1 N–H and O–H groups in total. The number of H-pyrrole nitrogens is 1. The van der Waals surface area contributed by atoms with Gasteiger partial charge in [-0.2, -0.15) is 11.3 Å². The van der Waals surface area contributed by atoms with E-state index in [0.717, 1.165) is 62.3 Å². The molecule has 0 bridgehead atoms. The number of nitrogens with one attached hydrogen (secondary N) is 1. The molecular formula is C22H27N5O2S. The van der Waals surface area contributed by atoms with Crippen LogP contribution in [0.1, 0.15) is 61.2 Å². The van der Waals surface area contributed by atoms with Crippen molar-refractivity contribution in [3.63, 3.8) is 0 Å². The number of rotatable bonds is 4. The van der Waals surface area contributed by atoms with Crippen molar-refractivity contribution in [2.75, 3.05) is 13.1 Å². The highest BCUT2D eigenvalue weighted by Gasteiger charge is 2.29. The number of nitrogens with zero attached hydrogens (tertiary/aromatic N) is 4. The SMILES string of the molecule is CCC(=O)N1CCCC[C@H]1c1cc2nc3c(c(=O)n2[nH]1)CN(Cc1ccsc1)CC3. The molecule has 1 amide bonds. The smallest absolute Gasteiger partial charge is 0.277 e. The number of carbonyl (C=O) groups excluding carboxylic acids is 1. The number of thiophene rings is 1. The number of piperidine rings is 1. The Morgan fingerprint density at radius 2 is 2.23 bits per heavy atom.